The lowest BCUT2D eigenvalue weighted by Gasteiger charge is -2.10. The first kappa shape index (κ1) is 17.8. The van der Waals surface area contributed by atoms with Crippen LogP contribution in [0.15, 0.2) is 42.5 Å². The number of carbonyl (C=O) groups is 2. The third-order valence-electron chi connectivity index (χ3n) is 3.88. The Labute approximate surface area is 151 Å². The number of anilines is 1. The van der Waals surface area contributed by atoms with Crippen LogP contribution < -0.4 is 20.1 Å². The van der Waals surface area contributed by atoms with Crippen molar-refractivity contribution in [2.24, 2.45) is 0 Å². The molecule has 2 N–H and O–H groups in total. The van der Waals surface area contributed by atoms with Crippen LogP contribution in [-0.4, -0.2) is 50.7 Å². The Kier molecular flexibility index (Phi) is 5.38. The van der Waals surface area contributed by atoms with Gasteiger partial charge in [0.05, 0.1) is 0 Å². The largest absolute Gasteiger partial charge is 0.454 e. The number of ether oxygens (including phenoxy) is 2. The number of hydrogen-bond donors (Lipinski definition) is 2. The zero-order valence-electron chi connectivity index (χ0n) is 14.7. The average Bonchev–Trinajstić information content (AvgIpc) is 3.09. The van der Waals surface area contributed by atoms with E-state index in [0.717, 1.165) is 6.54 Å². The topological polar surface area (TPSA) is 79.9 Å². The number of hydrogen-bond acceptors (Lipinski definition) is 5. The normalized spacial score (nSPS) is 12.1. The first-order chi connectivity index (χ1) is 12.5. The maximum absolute atomic E-state index is 12.4. The Morgan fingerprint density at radius 2 is 1.62 bits per heavy atom. The van der Waals surface area contributed by atoms with E-state index in [0.29, 0.717) is 34.9 Å². The first-order valence-electron chi connectivity index (χ1n) is 8.27. The molecular formula is C19H21N3O4. The second kappa shape index (κ2) is 7.88. The molecule has 0 fully saturated rings. The first-order valence-corrected chi connectivity index (χ1v) is 8.27. The number of carbonyl (C=O) groups excluding carboxylic acids is 2. The maximum atomic E-state index is 12.4. The molecule has 0 bridgehead atoms. The Balaban J connectivity index is 1.59. The van der Waals surface area contributed by atoms with Crippen LogP contribution in [0.4, 0.5) is 5.69 Å². The summed E-state index contributed by atoms with van der Waals surface area (Å²) < 4.78 is 10.5. The van der Waals surface area contributed by atoms with E-state index < -0.39 is 0 Å². The van der Waals surface area contributed by atoms with E-state index in [2.05, 4.69) is 10.6 Å². The smallest absolute Gasteiger partial charge is 0.255 e. The molecule has 2 amide bonds. The molecule has 1 aliphatic rings. The van der Waals surface area contributed by atoms with Crippen LogP contribution in [0.2, 0.25) is 0 Å². The monoisotopic (exact) mass is 355 g/mol. The summed E-state index contributed by atoms with van der Waals surface area (Å²) in [6, 6.07) is 11.7. The summed E-state index contributed by atoms with van der Waals surface area (Å²) in [4.78, 5) is 26.4. The highest BCUT2D eigenvalue weighted by atomic mass is 16.7. The Bertz CT molecular complexity index is 803. The van der Waals surface area contributed by atoms with Gasteiger partial charge in [-0.05, 0) is 50.5 Å². The number of rotatable bonds is 6. The predicted molar refractivity (Wildman–Crippen MR) is 97.8 cm³/mol. The van der Waals surface area contributed by atoms with Gasteiger partial charge in [0.1, 0.15) is 0 Å². The molecule has 26 heavy (non-hydrogen) atoms. The number of nitrogens with zero attached hydrogens (tertiary/aromatic N) is 1. The molecule has 0 aliphatic carbocycles. The van der Waals surface area contributed by atoms with E-state index in [-0.39, 0.29) is 18.6 Å². The molecule has 0 radical (unpaired) electrons. The van der Waals surface area contributed by atoms with Gasteiger partial charge in [0, 0.05) is 36.0 Å². The van der Waals surface area contributed by atoms with Crippen molar-refractivity contribution in [3.8, 4) is 11.5 Å². The van der Waals surface area contributed by atoms with Crippen molar-refractivity contribution in [1.29, 1.82) is 0 Å². The van der Waals surface area contributed by atoms with E-state index in [4.69, 9.17) is 9.47 Å². The zero-order valence-corrected chi connectivity index (χ0v) is 14.7. The molecule has 2 aromatic rings. The summed E-state index contributed by atoms with van der Waals surface area (Å²) in [5.41, 5.74) is 1.60. The van der Waals surface area contributed by atoms with Gasteiger partial charge < -0.3 is 25.0 Å². The molecule has 0 atom stereocenters. The van der Waals surface area contributed by atoms with Gasteiger partial charge >= 0.3 is 0 Å². The number of likely N-dealkylation sites (N-methyl/N-ethyl adjacent to an activating group) is 1. The predicted octanol–water partition coefficient (Wildman–Crippen LogP) is 1.96. The summed E-state index contributed by atoms with van der Waals surface area (Å²) in [7, 11) is 3.89. The molecule has 0 saturated heterocycles. The van der Waals surface area contributed by atoms with Gasteiger partial charge in [0.15, 0.2) is 11.5 Å². The van der Waals surface area contributed by atoms with Crippen LogP contribution in [0.5, 0.6) is 11.5 Å². The molecule has 0 saturated carbocycles. The number of benzene rings is 2. The van der Waals surface area contributed by atoms with Gasteiger partial charge in [0.25, 0.3) is 11.8 Å². The van der Waals surface area contributed by atoms with E-state index in [1.165, 1.54) is 0 Å². The number of amides is 2. The van der Waals surface area contributed by atoms with Gasteiger partial charge in [-0.2, -0.15) is 0 Å². The molecule has 7 nitrogen and oxygen atoms in total. The lowest BCUT2D eigenvalue weighted by molar-refractivity contribution is 0.0949. The van der Waals surface area contributed by atoms with Crippen molar-refractivity contribution in [1.82, 2.24) is 10.2 Å². The second-order valence-corrected chi connectivity index (χ2v) is 6.16. The van der Waals surface area contributed by atoms with Crippen molar-refractivity contribution in [3.63, 3.8) is 0 Å². The fourth-order valence-corrected chi connectivity index (χ4v) is 2.45. The third kappa shape index (κ3) is 4.31. The third-order valence-corrected chi connectivity index (χ3v) is 3.88. The van der Waals surface area contributed by atoms with E-state index in [9.17, 15) is 9.59 Å². The van der Waals surface area contributed by atoms with Crippen LogP contribution >= 0.6 is 0 Å². The average molecular weight is 355 g/mol. The quantitative estimate of drug-likeness (QED) is 0.828. The SMILES string of the molecule is CN(C)CCNC(=O)c1ccc(C(=O)Nc2ccc3c(c2)OCO3)cc1. The Hall–Kier alpha value is -3.06. The van der Waals surface area contributed by atoms with Crippen molar-refractivity contribution < 1.29 is 19.1 Å². The summed E-state index contributed by atoms with van der Waals surface area (Å²) >= 11 is 0. The maximum Gasteiger partial charge on any atom is 0.255 e. The van der Waals surface area contributed by atoms with Crippen molar-refractivity contribution in [3.05, 3.63) is 53.6 Å². The van der Waals surface area contributed by atoms with Crippen LogP contribution in [0.1, 0.15) is 20.7 Å². The minimum absolute atomic E-state index is 0.158. The molecule has 0 aromatic heterocycles. The highest BCUT2D eigenvalue weighted by molar-refractivity contribution is 6.05. The molecule has 0 unspecified atom stereocenters. The van der Waals surface area contributed by atoms with E-state index in [1.807, 2.05) is 19.0 Å². The van der Waals surface area contributed by atoms with Crippen LogP contribution in [0.3, 0.4) is 0 Å². The Morgan fingerprint density at radius 1 is 0.962 bits per heavy atom. The molecule has 136 valence electrons. The molecule has 2 aromatic carbocycles. The van der Waals surface area contributed by atoms with Crippen molar-refractivity contribution in [2.45, 2.75) is 0 Å². The van der Waals surface area contributed by atoms with Gasteiger partial charge in [-0.3, -0.25) is 9.59 Å². The molecular weight excluding hydrogens is 334 g/mol. The van der Waals surface area contributed by atoms with Gasteiger partial charge in [0.2, 0.25) is 6.79 Å². The van der Waals surface area contributed by atoms with Gasteiger partial charge in [-0.25, -0.2) is 0 Å². The van der Waals surface area contributed by atoms with Crippen LogP contribution in [-0.2, 0) is 0 Å². The summed E-state index contributed by atoms with van der Waals surface area (Å²) in [5.74, 6) is 0.846. The van der Waals surface area contributed by atoms with Gasteiger partial charge in [-0.1, -0.05) is 0 Å². The second-order valence-electron chi connectivity index (χ2n) is 6.16. The summed E-state index contributed by atoms with van der Waals surface area (Å²) in [6.07, 6.45) is 0. The van der Waals surface area contributed by atoms with E-state index in [1.54, 1.807) is 42.5 Å². The molecule has 1 aliphatic heterocycles. The number of fused-ring (bicyclic) bond motifs is 1. The molecule has 7 heteroatoms. The minimum atomic E-state index is -0.261. The fourth-order valence-electron chi connectivity index (χ4n) is 2.45. The van der Waals surface area contributed by atoms with Crippen LogP contribution in [0.25, 0.3) is 0 Å². The van der Waals surface area contributed by atoms with E-state index >= 15 is 0 Å². The lowest BCUT2D eigenvalue weighted by Crippen LogP contribution is -2.31. The summed E-state index contributed by atoms with van der Waals surface area (Å²) in [6.45, 7) is 1.52. The van der Waals surface area contributed by atoms with Crippen LogP contribution in [0, 0.1) is 0 Å². The fraction of sp³-hybridized carbons (Fsp3) is 0.263. The van der Waals surface area contributed by atoms with Crippen molar-refractivity contribution in [2.75, 3.05) is 39.3 Å². The standard InChI is InChI=1S/C19H21N3O4/c1-22(2)10-9-20-18(23)13-3-5-14(6-4-13)19(24)21-15-7-8-16-17(11-15)26-12-25-16/h3-8,11H,9-10,12H2,1-2H3,(H,20,23)(H,21,24). The highest BCUT2D eigenvalue weighted by Gasteiger charge is 2.15. The Morgan fingerprint density at radius 3 is 2.31 bits per heavy atom. The lowest BCUT2D eigenvalue weighted by atomic mass is 10.1. The molecule has 3 rings (SSSR count). The highest BCUT2D eigenvalue weighted by Crippen LogP contribution is 2.34. The van der Waals surface area contributed by atoms with Gasteiger partial charge in [-0.15, -0.1) is 0 Å². The molecule has 0 spiro atoms. The minimum Gasteiger partial charge on any atom is -0.454 e. The summed E-state index contributed by atoms with van der Waals surface area (Å²) in [5, 5.41) is 5.64. The molecule has 1 heterocycles. The zero-order chi connectivity index (χ0) is 18.5. The van der Waals surface area contributed by atoms with Crippen molar-refractivity contribution >= 4 is 17.5 Å². The number of nitrogens with one attached hydrogen (secondary N) is 2.